The van der Waals surface area contributed by atoms with Crippen molar-refractivity contribution in [2.75, 3.05) is 59.0 Å². The number of morpholine rings is 1. The van der Waals surface area contributed by atoms with Crippen molar-refractivity contribution in [1.82, 2.24) is 15.1 Å². The highest BCUT2D eigenvalue weighted by Crippen LogP contribution is 2.38. The summed E-state index contributed by atoms with van der Waals surface area (Å²) >= 11 is 0. The topological polar surface area (TPSA) is 27.7 Å². The molecule has 0 aromatic carbocycles. The summed E-state index contributed by atoms with van der Waals surface area (Å²) in [7, 11) is 0. The molecule has 3 aliphatic rings. The van der Waals surface area contributed by atoms with Crippen LogP contribution in [-0.2, 0) is 4.74 Å². The minimum absolute atomic E-state index is 0.501. The molecule has 0 aromatic rings. The third-order valence-corrected chi connectivity index (χ3v) is 4.69. The van der Waals surface area contributed by atoms with E-state index in [1.807, 2.05) is 0 Å². The SMILES string of the molecule is C1CC(CN2CCNCC2)(N2CCOCC2)C1. The summed E-state index contributed by atoms with van der Waals surface area (Å²) in [5.41, 5.74) is 0.501. The molecule has 1 N–H and O–H groups in total. The summed E-state index contributed by atoms with van der Waals surface area (Å²) in [6, 6.07) is 0. The number of nitrogens with zero attached hydrogens (tertiary/aromatic N) is 2. The fraction of sp³-hybridized carbons (Fsp3) is 1.00. The highest BCUT2D eigenvalue weighted by molar-refractivity contribution is 5.01. The third kappa shape index (κ3) is 2.50. The van der Waals surface area contributed by atoms with Gasteiger partial charge in [-0.15, -0.1) is 0 Å². The first-order chi connectivity index (χ1) is 8.39. The number of hydrogen-bond donors (Lipinski definition) is 1. The van der Waals surface area contributed by atoms with Gasteiger partial charge < -0.3 is 10.1 Å². The molecule has 0 radical (unpaired) electrons. The molecule has 4 heteroatoms. The highest BCUT2D eigenvalue weighted by atomic mass is 16.5. The summed E-state index contributed by atoms with van der Waals surface area (Å²) in [5, 5.41) is 3.44. The summed E-state index contributed by atoms with van der Waals surface area (Å²) in [6.45, 7) is 10.2. The molecule has 98 valence electrons. The minimum atomic E-state index is 0.501. The standard InChI is InChI=1S/C13H25N3O/c1-2-13(3-1,16-8-10-17-11-9-16)12-15-6-4-14-5-7-15/h14H,1-12H2. The van der Waals surface area contributed by atoms with Crippen LogP contribution in [0.1, 0.15) is 19.3 Å². The van der Waals surface area contributed by atoms with Crippen LogP contribution in [0.2, 0.25) is 0 Å². The van der Waals surface area contributed by atoms with Crippen molar-refractivity contribution in [3.8, 4) is 0 Å². The van der Waals surface area contributed by atoms with E-state index in [1.54, 1.807) is 0 Å². The van der Waals surface area contributed by atoms with Gasteiger partial charge in [0.05, 0.1) is 13.2 Å². The van der Waals surface area contributed by atoms with Gasteiger partial charge in [-0.3, -0.25) is 9.80 Å². The molecule has 0 unspecified atom stereocenters. The van der Waals surface area contributed by atoms with Crippen LogP contribution in [0.15, 0.2) is 0 Å². The Balaban J connectivity index is 1.60. The Hall–Kier alpha value is -0.160. The summed E-state index contributed by atoms with van der Waals surface area (Å²) < 4.78 is 5.49. The summed E-state index contributed by atoms with van der Waals surface area (Å²) in [5.74, 6) is 0. The maximum Gasteiger partial charge on any atom is 0.0594 e. The first-order valence-corrected chi connectivity index (χ1v) is 7.15. The van der Waals surface area contributed by atoms with Crippen molar-refractivity contribution in [3.05, 3.63) is 0 Å². The van der Waals surface area contributed by atoms with Crippen LogP contribution in [0.3, 0.4) is 0 Å². The first kappa shape index (κ1) is 11.9. The average Bonchev–Trinajstić information content (AvgIpc) is 2.36. The molecule has 0 amide bonds. The fourth-order valence-corrected chi connectivity index (χ4v) is 3.48. The van der Waals surface area contributed by atoms with Gasteiger partial charge in [-0.05, 0) is 19.3 Å². The van der Waals surface area contributed by atoms with Gasteiger partial charge in [-0.25, -0.2) is 0 Å². The monoisotopic (exact) mass is 239 g/mol. The average molecular weight is 239 g/mol. The van der Waals surface area contributed by atoms with Crippen molar-refractivity contribution in [3.63, 3.8) is 0 Å². The van der Waals surface area contributed by atoms with E-state index in [0.717, 1.165) is 26.3 Å². The Morgan fingerprint density at radius 1 is 1.00 bits per heavy atom. The quantitative estimate of drug-likeness (QED) is 0.758. The van der Waals surface area contributed by atoms with Crippen LogP contribution in [0.25, 0.3) is 0 Å². The van der Waals surface area contributed by atoms with Crippen molar-refractivity contribution in [1.29, 1.82) is 0 Å². The number of ether oxygens (including phenoxy) is 1. The van der Waals surface area contributed by atoms with Crippen molar-refractivity contribution >= 4 is 0 Å². The maximum absolute atomic E-state index is 5.49. The molecule has 1 aliphatic carbocycles. The van der Waals surface area contributed by atoms with Crippen LogP contribution in [0.5, 0.6) is 0 Å². The molecule has 17 heavy (non-hydrogen) atoms. The molecular weight excluding hydrogens is 214 g/mol. The normalized spacial score (nSPS) is 31.1. The molecule has 1 saturated carbocycles. The minimum Gasteiger partial charge on any atom is -0.379 e. The number of nitrogens with one attached hydrogen (secondary N) is 1. The Morgan fingerprint density at radius 2 is 1.71 bits per heavy atom. The lowest BCUT2D eigenvalue weighted by Crippen LogP contribution is -2.63. The van der Waals surface area contributed by atoms with Crippen molar-refractivity contribution < 1.29 is 4.74 Å². The second-order valence-electron chi connectivity index (χ2n) is 5.70. The lowest BCUT2D eigenvalue weighted by Gasteiger charge is -2.54. The lowest BCUT2D eigenvalue weighted by molar-refractivity contribution is -0.0707. The van der Waals surface area contributed by atoms with Gasteiger partial charge in [0.2, 0.25) is 0 Å². The fourth-order valence-electron chi connectivity index (χ4n) is 3.48. The van der Waals surface area contributed by atoms with Crippen molar-refractivity contribution in [2.24, 2.45) is 0 Å². The second-order valence-corrected chi connectivity index (χ2v) is 5.70. The molecule has 3 fully saturated rings. The molecule has 4 nitrogen and oxygen atoms in total. The Labute approximate surface area is 104 Å². The number of piperazine rings is 1. The van der Waals surface area contributed by atoms with Gasteiger partial charge in [-0.2, -0.15) is 0 Å². The zero-order chi connectivity index (χ0) is 11.6. The van der Waals surface area contributed by atoms with E-state index in [-0.39, 0.29) is 0 Å². The van der Waals surface area contributed by atoms with Gasteiger partial charge in [0.1, 0.15) is 0 Å². The molecule has 0 spiro atoms. The summed E-state index contributed by atoms with van der Waals surface area (Å²) in [4.78, 5) is 5.37. The van der Waals surface area contributed by atoms with E-state index < -0.39 is 0 Å². The van der Waals surface area contributed by atoms with E-state index in [0.29, 0.717) is 5.54 Å². The van der Waals surface area contributed by atoms with E-state index in [9.17, 15) is 0 Å². The largest absolute Gasteiger partial charge is 0.379 e. The number of hydrogen-bond acceptors (Lipinski definition) is 4. The van der Waals surface area contributed by atoms with Gasteiger partial charge >= 0.3 is 0 Å². The summed E-state index contributed by atoms with van der Waals surface area (Å²) in [6.07, 6.45) is 4.22. The first-order valence-electron chi connectivity index (χ1n) is 7.15. The molecule has 0 bridgehead atoms. The predicted molar refractivity (Wildman–Crippen MR) is 68.3 cm³/mol. The van der Waals surface area contributed by atoms with Crippen LogP contribution in [0.4, 0.5) is 0 Å². The number of rotatable bonds is 3. The molecule has 3 rings (SSSR count). The van der Waals surface area contributed by atoms with Gasteiger partial charge in [0, 0.05) is 51.4 Å². The molecule has 0 atom stereocenters. The van der Waals surface area contributed by atoms with Crippen LogP contribution in [-0.4, -0.2) is 74.4 Å². The van der Waals surface area contributed by atoms with Crippen LogP contribution < -0.4 is 5.32 Å². The Bertz CT molecular complexity index is 243. The molecular formula is C13H25N3O. The maximum atomic E-state index is 5.49. The molecule has 2 saturated heterocycles. The smallest absolute Gasteiger partial charge is 0.0594 e. The third-order valence-electron chi connectivity index (χ3n) is 4.69. The van der Waals surface area contributed by atoms with Gasteiger partial charge in [-0.1, -0.05) is 0 Å². The molecule has 2 aliphatic heterocycles. The van der Waals surface area contributed by atoms with Crippen LogP contribution >= 0.6 is 0 Å². The highest BCUT2D eigenvalue weighted by Gasteiger charge is 2.43. The van der Waals surface area contributed by atoms with Gasteiger partial charge in [0.25, 0.3) is 0 Å². The van der Waals surface area contributed by atoms with Gasteiger partial charge in [0.15, 0.2) is 0 Å². The molecule has 0 aromatic heterocycles. The molecule has 2 heterocycles. The zero-order valence-corrected chi connectivity index (χ0v) is 10.8. The second kappa shape index (κ2) is 5.22. The van der Waals surface area contributed by atoms with Crippen LogP contribution in [0, 0.1) is 0 Å². The van der Waals surface area contributed by atoms with E-state index in [4.69, 9.17) is 4.74 Å². The Morgan fingerprint density at radius 3 is 2.29 bits per heavy atom. The van der Waals surface area contributed by atoms with E-state index >= 15 is 0 Å². The lowest BCUT2D eigenvalue weighted by atomic mass is 9.74. The van der Waals surface area contributed by atoms with Crippen molar-refractivity contribution in [2.45, 2.75) is 24.8 Å². The Kier molecular flexibility index (Phi) is 3.66. The zero-order valence-electron chi connectivity index (χ0n) is 10.8. The van der Waals surface area contributed by atoms with E-state index in [2.05, 4.69) is 15.1 Å². The predicted octanol–water partition coefficient (Wildman–Crippen LogP) is 0.147. The van der Waals surface area contributed by atoms with E-state index in [1.165, 1.54) is 52.0 Å².